The highest BCUT2D eigenvalue weighted by atomic mass is 16.5. The summed E-state index contributed by atoms with van der Waals surface area (Å²) in [6.07, 6.45) is 6.52. The number of ether oxygens (including phenoxy) is 1. The number of rotatable bonds is 8. The van der Waals surface area contributed by atoms with E-state index in [1.54, 1.807) is 7.11 Å². The molecular formula is C16H23NO2. The Balaban J connectivity index is 1.91. The van der Waals surface area contributed by atoms with Crippen molar-refractivity contribution in [1.82, 2.24) is 5.32 Å². The number of nitrogens with one attached hydrogen (secondary N) is 1. The summed E-state index contributed by atoms with van der Waals surface area (Å²) in [6.45, 7) is 4.41. The maximum Gasteiger partial charge on any atom is 0.175 e. The Morgan fingerprint density at radius 3 is 2.89 bits per heavy atom. The van der Waals surface area contributed by atoms with E-state index in [0.717, 1.165) is 30.8 Å². The predicted octanol–water partition coefficient (Wildman–Crippen LogP) is 3.76. The number of methoxy groups -OCH3 is 1. The second-order valence-electron chi connectivity index (χ2n) is 4.81. The maximum atomic E-state index is 5.63. The number of aryl methyl sites for hydroxylation is 1. The highest BCUT2D eigenvalue weighted by Gasteiger charge is 2.09. The average molecular weight is 261 g/mol. The third-order valence-corrected chi connectivity index (χ3v) is 3.34. The lowest BCUT2D eigenvalue weighted by molar-refractivity contribution is 0.410. The van der Waals surface area contributed by atoms with Gasteiger partial charge in [-0.2, -0.15) is 0 Å². The smallest absolute Gasteiger partial charge is 0.175 e. The van der Waals surface area contributed by atoms with Crippen molar-refractivity contribution in [3.05, 3.63) is 30.0 Å². The predicted molar refractivity (Wildman–Crippen MR) is 78.9 cm³/mol. The number of para-hydroxylation sites is 1. The normalized spacial score (nSPS) is 11.1. The molecule has 0 aliphatic heterocycles. The number of hydrogen-bond acceptors (Lipinski definition) is 3. The molecule has 0 bridgehead atoms. The first kappa shape index (κ1) is 13.9. The molecule has 0 saturated heterocycles. The lowest BCUT2D eigenvalue weighted by Crippen LogP contribution is -2.15. The summed E-state index contributed by atoms with van der Waals surface area (Å²) >= 11 is 0. The lowest BCUT2D eigenvalue weighted by Gasteiger charge is -2.03. The first-order chi connectivity index (χ1) is 9.36. The zero-order chi connectivity index (χ0) is 13.5. The van der Waals surface area contributed by atoms with Crippen LogP contribution in [-0.4, -0.2) is 20.2 Å². The van der Waals surface area contributed by atoms with Crippen molar-refractivity contribution in [2.24, 2.45) is 0 Å². The van der Waals surface area contributed by atoms with Crippen LogP contribution in [0.4, 0.5) is 0 Å². The van der Waals surface area contributed by atoms with Crippen molar-refractivity contribution in [2.45, 2.75) is 32.6 Å². The van der Waals surface area contributed by atoms with Gasteiger partial charge >= 0.3 is 0 Å². The molecule has 0 amide bonds. The van der Waals surface area contributed by atoms with Gasteiger partial charge in [-0.15, -0.1) is 0 Å². The van der Waals surface area contributed by atoms with Gasteiger partial charge in [0.15, 0.2) is 11.3 Å². The van der Waals surface area contributed by atoms with Gasteiger partial charge in [0.05, 0.1) is 13.4 Å². The highest BCUT2D eigenvalue weighted by molar-refractivity contribution is 5.86. The van der Waals surface area contributed by atoms with Gasteiger partial charge in [0.2, 0.25) is 0 Å². The van der Waals surface area contributed by atoms with E-state index < -0.39 is 0 Å². The summed E-state index contributed by atoms with van der Waals surface area (Å²) in [6, 6.07) is 6.05. The number of benzene rings is 1. The molecule has 0 unspecified atom stereocenters. The summed E-state index contributed by atoms with van der Waals surface area (Å²) < 4.78 is 10.9. The third kappa shape index (κ3) is 3.51. The number of hydrogen-bond donors (Lipinski definition) is 1. The van der Waals surface area contributed by atoms with Crippen LogP contribution < -0.4 is 10.1 Å². The Kier molecular flexibility index (Phi) is 5.28. The van der Waals surface area contributed by atoms with E-state index in [-0.39, 0.29) is 0 Å². The van der Waals surface area contributed by atoms with Gasteiger partial charge in [0.25, 0.3) is 0 Å². The fourth-order valence-corrected chi connectivity index (χ4v) is 2.31. The van der Waals surface area contributed by atoms with Crippen LogP contribution in [0.15, 0.2) is 28.9 Å². The van der Waals surface area contributed by atoms with Gasteiger partial charge in [-0.1, -0.05) is 19.1 Å². The molecule has 0 fully saturated rings. The van der Waals surface area contributed by atoms with Gasteiger partial charge in [0, 0.05) is 5.39 Å². The Morgan fingerprint density at radius 1 is 1.21 bits per heavy atom. The minimum absolute atomic E-state index is 0.813. The fourth-order valence-electron chi connectivity index (χ4n) is 2.31. The van der Waals surface area contributed by atoms with Crippen molar-refractivity contribution >= 4 is 11.0 Å². The van der Waals surface area contributed by atoms with Crippen LogP contribution >= 0.6 is 0 Å². The Bertz CT molecular complexity index is 504. The molecule has 1 heterocycles. The van der Waals surface area contributed by atoms with Crippen molar-refractivity contribution in [1.29, 1.82) is 0 Å². The second kappa shape index (κ2) is 7.19. The summed E-state index contributed by atoms with van der Waals surface area (Å²) in [5.74, 6) is 0.813. The van der Waals surface area contributed by atoms with Gasteiger partial charge in [-0.25, -0.2) is 0 Å². The standard InChI is InChI=1S/C16H23NO2/c1-3-10-17-11-5-4-7-13-12-19-16-14(13)8-6-9-15(16)18-2/h6,8-9,12,17H,3-5,7,10-11H2,1-2H3. The van der Waals surface area contributed by atoms with Crippen LogP contribution in [0.2, 0.25) is 0 Å². The molecule has 1 aromatic heterocycles. The van der Waals surface area contributed by atoms with Crippen molar-refractivity contribution in [2.75, 3.05) is 20.2 Å². The van der Waals surface area contributed by atoms with E-state index in [1.165, 1.54) is 30.2 Å². The van der Waals surface area contributed by atoms with Crippen molar-refractivity contribution < 1.29 is 9.15 Å². The molecule has 0 spiro atoms. The van der Waals surface area contributed by atoms with Crippen LogP contribution in [0, 0.1) is 0 Å². The third-order valence-electron chi connectivity index (χ3n) is 3.34. The second-order valence-corrected chi connectivity index (χ2v) is 4.81. The molecule has 3 heteroatoms. The minimum Gasteiger partial charge on any atom is -0.493 e. The SMILES string of the molecule is CCCNCCCCc1coc2c(OC)cccc12. The molecule has 104 valence electrons. The molecule has 19 heavy (non-hydrogen) atoms. The first-order valence-electron chi connectivity index (χ1n) is 7.10. The number of unbranched alkanes of at least 4 members (excludes halogenated alkanes) is 1. The lowest BCUT2D eigenvalue weighted by atomic mass is 10.1. The molecule has 3 nitrogen and oxygen atoms in total. The van der Waals surface area contributed by atoms with E-state index in [4.69, 9.17) is 9.15 Å². The van der Waals surface area contributed by atoms with Crippen LogP contribution in [0.25, 0.3) is 11.0 Å². The molecule has 1 N–H and O–H groups in total. The van der Waals surface area contributed by atoms with E-state index in [0.29, 0.717) is 0 Å². The Morgan fingerprint density at radius 2 is 2.11 bits per heavy atom. The zero-order valence-electron chi connectivity index (χ0n) is 11.9. The Labute approximate surface area is 114 Å². The molecule has 0 radical (unpaired) electrons. The van der Waals surface area contributed by atoms with Gasteiger partial charge < -0.3 is 14.5 Å². The Hall–Kier alpha value is -1.48. The molecule has 0 aliphatic rings. The first-order valence-corrected chi connectivity index (χ1v) is 7.10. The van der Waals surface area contributed by atoms with E-state index in [1.807, 2.05) is 18.4 Å². The highest BCUT2D eigenvalue weighted by Crippen LogP contribution is 2.30. The molecule has 0 saturated carbocycles. The van der Waals surface area contributed by atoms with E-state index in [9.17, 15) is 0 Å². The zero-order valence-corrected chi connectivity index (χ0v) is 11.9. The molecule has 1 aromatic carbocycles. The fraction of sp³-hybridized carbons (Fsp3) is 0.500. The topological polar surface area (TPSA) is 34.4 Å². The van der Waals surface area contributed by atoms with E-state index in [2.05, 4.69) is 18.3 Å². The van der Waals surface area contributed by atoms with Gasteiger partial charge in [-0.3, -0.25) is 0 Å². The summed E-state index contributed by atoms with van der Waals surface area (Å²) in [7, 11) is 1.68. The van der Waals surface area contributed by atoms with Crippen LogP contribution in [-0.2, 0) is 6.42 Å². The summed E-state index contributed by atoms with van der Waals surface area (Å²) in [5.41, 5.74) is 2.15. The molecule has 0 aliphatic carbocycles. The van der Waals surface area contributed by atoms with Crippen molar-refractivity contribution in [3.8, 4) is 5.75 Å². The molecule has 2 aromatic rings. The molecule has 0 atom stereocenters. The quantitative estimate of drug-likeness (QED) is 0.735. The van der Waals surface area contributed by atoms with Gasteiger partial charge in [0.1, 0.15) is 0 Å². The minimum atomic E-state index is 0.813. The monoisotopic (exact) mass is 261 g/mol. The van der Waals surface area contributed by atoms with Crippen LogP contribution in [0.3, 0.4) is 0 Å². The van der Waals surface area contributed by atoms with Gasteiger partial charge in [-0.05, 0) is 50.4 Å². The molecular weight excluding hydrogens is 238 g/mol. The van der Waals surface area contributed by atoms with E-state index >= 15 is 0 Å². The van der Waals surface area contributed by atoms with Crippen molar-refractivity contribution in [3.63, 3.8) is 0 Å². The average Bonchev–Trinajstić information content (AvgIpc) is 2.86. The summed E-state index contributed by atoms with van der Waals surface area (Å²) in [5, 5.41) is 4.61. The van der Waals surface area contributed by atoms with Crippen LogP contribution in [0.1, 0.15) is 31.7 Å². The summed E-state index contributed by atoms with van der Waals surface area (Å²) in [4.78, 5) is 0. The maximum absolute atomic E-state index is 5.63. The number of furan rings is 1. The van der Waals surface area contributed by atoms with Crippen LogP contribution in [0.5, 0.6) is 5.75 Å². The largest absolute Gasteiger partial charge is 0.493 e. The molecule has 2 rings (SSSR count). The number of fused-ring (bicyclic) bond motifs is 1.